The van der Waals surface area contributed by atoms with Crippen LogP contribution in [0.2, 0.25) is 0 Å². The van der Waals surface area contributed by atoms with E-state index in [1.165, 1.54) is 12.8 Å². The first kappa shape index (κ1) is 24.8. The van der Waals surface area contributed by atoms with Crippen molar-refractivity contribution in [2.75, 3.05) is 0 Å². The second-order valence-corrected chi connectivity index (χ2v) is 11.2. The molecule has 178 valence electrons. The van der Waals surface area contributed by atoms with Crippen LogP contribution < -0.4 is 0 Å². The maximum atomic E-state index is 13.2. The summed E-state index contributed by atoms with van der Waals surface area (Å²) in [5, 5.41) is 0. The van der Waals surface area contributed by atoms with Gasteiger partial charge in [0.1, 0.15) is 12.2 Å². The van der Waals surface area contributed by atoms with Gasteiger partial charge in [-0.15, -0.1) is 0 Å². The molecule has 2 aliphatic rings. The van der Waals surface area contributed by atoms with Crippen LogP contribution in [0.15, 0.2) is 24.3 Å². The van der Waals surface area contributed by atoms with Crippen molar-refractivity contribution in [3.63, 3.8) is 0 Å². The lowest BCUT2D eigenvalue weighted by molar-refractivity contribution is -0.0189. The first-order chi connectivity index (χ1) is 15.1. The van der Waals surface area contributed by atoms with E-state index in [-0.39, 0.29) is 17.6 Å². The minimum absolute atomic E-state index is 0.0968. The lowest BCUT2D eigenvalue weighted by Crippen LogP contribution is -2.36. The first-order valence-electron chi connectivity index (χ1n) is 12.6. The third-order valence-corrected chi connectivity index (χ3v) is 8.22. The third-order valence-electron chi connectivity index (χ3n) is 8.22. The Balaban J connectivity index is 1.72. The summed E-state index contributed by atoms with van der Waals surface area (Å²) in [6.45, 7) is 13.4. The number of carbonyl (C=O) groups is 2. The van der Waals surface area contributed by atoms with Crippen molar-refractivity contribution in [1.29, 1.82) is 0 Å². The molecule has 0 spiro atoms. The van der Waals surface area contributed by atoms with E-state index in [1.54, 1.807) is 24.3 Å². The molecule has 1 aromatic carbocycles. The predicted octanol–water partition coefficient (Wildman–Crippen LogP) is 7.07. The number of benzene rings is 1. The molecular formula is C28H42O4. The molecule has 0 amide bonds. The summed E-state index contributed by atoms with van der Waals surface area (Å²) in [6.07, 6.45) is 6.93. The van der Waals surface area contributed by atoms with Crippen molar-refractivity contribution < 1.29 is 19.1 Å². The van der Waals surface area contributed by atoms with Crippen molar-refractivity contribution in [3.8, 4) is 0 Å². The van der Waals surface area contributed by atoms with Gasteiger partial charge in [0, 0.05) is 0 Å². The van der Waals surface area contributed by atoms with Gasteiger partial charge in [0.25, 0.3) is 0 Å². The summed E-state index contributed by atoms with van der Waals surface area (Å²) in [4.78, 5) is 26.3. The van der Waals surface area contributed by atoms with Gasteiger partial charge in [0.2, 0.25) is 0 Å². The normalized spacial score (nSPS) is 30.9. The summed E-state index contributed by atoms with van der Waals surface area (Å²) in [7, 11) is 0. The maximum absolute atomic E-state index is 13.2. The maximum Gasteiger partial charge on any atom is 0.339 e. The molecule has 0 bridgehead atoms. The fourth-order valence-electron chi connectivity index (χ4n) is 5.59. The van der Waals surface area contributed by atoms with E-state index in [0.29, 0.717) is 34.8 Å². The topological polar surface area (TPSA) is 52.6 Å². The average molecular weight is 443 g/mol. The summed E-state index contributed by atoms with van der Waals surface area (Å²) in [5.41, 5.74) is 0.825. The standard InChI is InChI=1S/C28H42O4/c1-18(2)22-14-13-20(5)16-25(22)32-27(30)24-12-8-7-11-23(24)26(29)31-21-10-9-15-28(6,17-21)19(3)4/h7-8,11-12,18-22,25H,9-10,13-17H2,1-6H3. The van der Waals surface area contributed by atoms with Crippen LogP contribution in [0, 0.1) is 29.1 Å². The Kier molecular flexibility index (Phi) is 8.06. The van der Waals surface area contributed by atoms with Gasteiger partial charge < -0.3 is 9.47 Å². The SMILES string of the molecule is CC1CCC(C(C)C)C(OC(=O)c2ccccc2C(=O)OC2CCCC(C)(C(C)C)C2)C1. The van der Waals surface area contributed by atoms with Crippen LogP contribution in [0.3, 0.4) is 0 Å². The molecule has 2 fully saturated rings. The second-order valence-electron chi connectivity index (χ2n) is 11.2. The largest absolute Gasteiger partial charge is 0.459 e. The molecule has 2 saturated carbocycles. The van der Waals surface area contributed by atoms with E-state index < -0.39 is 11.9 Å². The zero-order valence-electron chi connectivity index (χ0n) is 20.9. The summed E-state index contributed by atoms with van der Waals surface area (Å²) < 4.78 is 12.0. The molecular weight excluding hydrogens is 400 g/mol. The van der Waals surface area contributed by atoms with Crippen LogP contribution in [0.1, 0.15) is 107 Å². The number of ether oxygens (including phenoxy) is 2. The first-order valence-corrected chi connectivity index (χ1v) is 12.6. The van der Waals surface area contributed by atoms with Crippen molar-refractivity contribution in [2.24, 2.45) is 29.1 Å². The number of hydrogen-bond donors (Lipinski definition) is 0. The average Bonchev–Trinajstić information content (AvgIpc) is 2.73. The van der Waals surface area contributed by atoms with Gasteiger partial charge in [-0.2, -0.15) is 0 Å². The molecule has 0 saturated heterocycles. The quantitative estimate of drug-likeness (QED) is 0.442. The number of carbonyl (C=O) groups excluding carboxylic acids is 2. The highest BCUT2D eigenvalue weighted by atomic mass is 16.6. The number of esters is 2. The molecule has 5 atom stereocenters. The van der Waals surface area contributed by atoms with Crippen LogP contribution in [-0.4, -0.2) is 24.1 Å². The Morgan fingerprint density at radius 2 is 1.59 bits per heavy atom. The van der Waals surface area contributed by atoms with E-state index in [9.17, 15) is 9.59 Å². The van der Waals surface area contributed by atoms with Crippen LogP contribution in [0.4, 0.5) is 0 Å². The fraction of sp³-hybridized carbons (Fsp3) is 0.714. The third kappa shape index (κ3) is 5.74. The Morgan fingerprint density at radius 1 is 0.969 bits per heavy atom. The van der Waals surface area contributed by atoms with Gasteiger partial charge in [-0.1, -0.05) is 60.1 Å². The van der Waals surface area contributed by atoms with Gasteiger partial charge in [-0.3, -0.25) is 0 Å². The van der Waals surface area contributed by atoms with Crippen molar-refractivity contribution in [3.05, 3.63) is 35.4 Å². The monoisotopic (exact) mass is 442 g/mol. The Morgan fingerprint density at radius 3 is 2.19 bits per heavy atom. The van der Waals surface area contributed by atoms with Crippen molar-refractivity contribution in [1.82, 2.24) is 0 Å². The van der Waals surface area contributed by atoms with Crippen molar-refractivity contribution >= 4 is 11.9 Å². The number of hydrogen-bond acceptors (Lipinski definition) is 4. The lowest BCUT2D eigenvalue weighted by atomic mass is 9.67. The molecule has 0 aliphatic heterocycles. The van der Waals surface area contributed by atoms with E-state index in [0.717, 1.165) is 32.1 Å². The van der Waals surface area contributed by atoms with Gasteiger partial charge in [0.05, 0.1) is 11.1 Å². The molecule has 1 aromatic rings. The van der Waals surface area contributed by atoms with E-state index in [1.807, 2.05) is 0 Å². The molecule has 4 heteroatoms. The van der Waals surface area contributed by atoms with Gasteiger partial charge in [0.15, 0.2) is 0 Å². The Hall–Kier alpha value is -1.84. The van der Waals surface area contributed by atoms with E-state index in [2.05, 4.69) is 41.5 Å². The zero-order chi connectivity index (χ0) is 23.5. The highest BCUT2D eigenvalue weighted by molar-refractivity contribution is 6.03. The molecule has 0 heterocycles. The van der Waals surface area contributed by atoms with Gasteiger partial charge in [-0.05, 0) is 79.7 Å². The summed E-state index contributed by atoms with van der Waals surface area (Å²) >= 11 is 0. The van der Waals surface area contributed by atoms with Crippen LogP contribution in [0.5, 0.6) is 0 Å². The predicted molar refractivity (Wildman–Crippen MR) is 128 cm³/mol. The molecule has 0 N–H and O–H groups in total. The molecule has 0 aromatic heterocycles. The van der Waals surface area contributed by atoms with Crippen LogP contribution in [0.25, 0.3) is 0 Å². The minimum Gasteiger partial charge on any atom is -0.459 e. The molecule has 0 radical (unpaired) electrons. The second kappa shape index (κ2) is 10.4. The van der Waals surface area contributed by atoms with Gasteiger partial charge in [-0.25, -0.2) is 9.59 Å². The Labute approximate surface area is 194 Å². The van der Waals surface area contributed by atoms with Gasteiger partial charge >= 0.3 is 11.9 Å². The van der Waals surface area contributed by atoms with Crippen LogP contribution in [-0.2, 0) is 9.47 Å². The molecule has 5 unspecified atom stereocenters. The molecule has 3 rings (SSSR count). The van der Waals surface area contributed by atoms with Crippen molar-refractivity contribution in [2.45, 2.75) is 98.7 Å². The highest BCUT2D eigenvalue weighted by Gasteiger charge is 2.37. The Bertz CT molecular complexity index is 798. The summed E-state index contributed by atoms with van der Waals surface area (Å²) in [6, 6.07) is 6.95. The highest BCUT2D eigenvalue weighted by Crippen LogP contribution is 2.43. The minimum atomic E-state index is -0.409. The lowest BCUT2D eigenvalue weighted by Gasteiger charge is -2.41. The smallest absolute Gasteiger partial charge is 0.339 e. The molecule has 32 heavy (non-hydrogen) atoms. The summed E-state index contributed by atoms with van der Waals surface area (Å²) in [5.74, 6) is 1.10. The zero-order valence-corrected chi connectivity index (χ0v) is 20.9. The molecule has 4 nitrogen and oxygen atoms in total. The van der Waals surface area contributed by atoms with E-state index in [4.69, 9.17) is 9.47 Å². The van der Waals surface area contributed by atoms with E-state index >= 15 is 0 Å². The fourth-order valence-corrected chi connectivity index (χ4v) is 5.59. The molecule has 2 aliphatic carbocycles. The number of rotatable bonds is 6. The van der Waals surface area contributed by atoms with Crippen LogP contribution >= 0.6 is 0 Å².